The molecule has 0 aromatic heterocycles. The third kappa shape index (κ3) is 2.12. The van der Waals surface area contributed by atoms with E-state index >= 15 is 0 Å². The zero-order valence-corrected chi connectivity index (χ0v) is 11.4. The molecule has 0 radical (unpaired) electrons. The molecule has 2 nitrogen and oxygen atoms in total. The smallest absolute Gasteiger partial charge is 0.0330 e. The molecule has 1 aliphatic rings. The summed E-state index contributed by atoms with van der Waals surface area (Å²) in [5.74, 6) is 0.573. The predicted octanol–water partition coefficient (Wildman–Crippen LogP) is 2.66. The zero-order chi connectivity index (χ0) is 12.7. The summed E-state index contributed by atoms with van der Waals surface area (Å²) < 4.78 is 0. The lowest BCUT2D eigenvalue weighted by Crippen LogP contribution is -2.42. The Bertz CT molecular complexity index is 405. The van der Waals surface area contributed by atoms with Crippen LogP contribution in [0.4, 0.5) is 0 Å². The van der Waals surface area contributed by atoms with Crippen molar-refractivity contribution in [1.29, 1.82) is 0 Å². The molecule has 1 unspecified atom stereocenters. The van der Waals surface area contributed by atoms with E-state index in [-0.39, 0.29) is 6.04 Å². The summed E-state index contributed by atoms with van der Waals surface area (Å²) in [4.78, 5) is 0. The molecule has 2 rings (SSSR count). The highest BCUT2D eigenvalue weighted by molar-refractivity contribution is 5.46. The van der Waals surface area contributed by atoms with Crippen molar-refractivity contribution in [2.75, 3.05) is 0 Å². The molecular formula is C15H24N2. The fourth-order valence-electron chi connectivity index (χ4n) is 2.98. The molecule has 0 spiro atoms. The highest BCUT2D eigenvalue weighted by atomic mass is 14.7. The maximum Gasteiger partial charge on any atom is 0.0330 e. The lowest BCUT2D eigenvalue weighted by molar-refractivity contribution is 0.223. The van der Waals surface area contributed by atoms with Crippen LogP contribution in [0.5, 0.6) is 0 Å². The second-order valence-corrected chi connectivity index (χ2v) is 5.69. The van der Waals surface area contributed by atoms with Gasteiger partial charge in [0.25, 0.3) is 0 Å². The first-order valence-electron chi connectivity index (χ1n) is 6.50. The molecule has 1 atom stereocenters. The largest absolute Gasteiger partial charge is 0.328 e. The van der Waals surface area contributed by atoms with Crippen LogP contribution < -0.4 is 11.5 Å². The lowest BCUT2D eigenvalue weighted by Gasteiger charge is -2.38. The monoisotopic (exact) mass is 232 g/mol. The van der Waals surface area contributed by atoms with E-state index in [4.69, 9.17) is 11.5 Å². The summed E-state index contributed by atoms with van der Waals surface area (Å²) in [6, 6.07) is 2.79. The number of hydrogen-bond acceptors (Lipinski definition) is 2. The molecule has 17 heavy (non-hydrogen) atoms. The maximum absolute atomic E-state index is 6.45. The fraction of sp³-hybridized carbons (Fsp3) is 0.600. The van der Waals surface area contributed by atoms with Gasteiger partial charge in [-0.1, -0.05) is 6.07 Å². The Morgan fingerprint density at radius 2 is 1.53 bits per heavy atom. The SMILES string of the molecule is Cc1cc(C)c(C)c(C(N)C2CC(N)C2)c1C. The second-order valence-electron chi connectivity index (χ2n) is 5.69. The van der Waals surface area contributed by atoms with Gasteiger partial charge in [0.15, 0.2) is 0 Å². The van der Waals surface area contributed by atoms with E-state index in [1.807, 2.05) is 0 Å². The Morgan fingerprint density at radius 1 is 1.06 bits per heavy atom. The van der Waals surface area contributed by atoms with Crippen LogP contribution in [-0.4, -0.2) is 6.04 Å². The van der Waals surface area contributed by atoms with Gasteiger partial charge in [-0.2, -0.15) is 0 Å². The molecule has 94 valence electrons. The van der Waals surface area contributed by atoms with Crippen molar-refractivity contribution in [2.24, 2.45) is 17.4 Å². The van der Waals surface area contributed by atoms with Crippen LogP contribution in [0.25, 0.3) is 0 Å². The van der Waals surface area contributed by atoms with Crippen LogP contribution in [-0.2, 0) is 0 Å². The summed E-state index contributed by atoms with van der Waals surface area (Å²) in [6.07, 6.45) is 2.15. The Balaban J connectivity index is 2.37. The van der Waals surface area contributed by atoms with E-state index < -0.39 is 0 Å². The average molecular weight is 232 g/mol. The minimum absolute atomic E-state index is 0.161. The molecule has 0 bridgehead atoms. The van der Waals surface area contributed by atoms with Crippen molar-refractivity contribution < 1.29 is 0 Å². The summed E-state index contributed by atoms with van der Waals surface area (Å²) in [7, 11) is 0. The molecule has 0 aliphatic heterocycles. The van der Waals surface area contributed by atoms with Crippen molar-refractivity contribution >= 4 is 0 Å². The predicted molar refractivity (Wildman–Crippen MR) is 73.0 cm³/mol. The molecule has 0 heterocycles. The Kier molecular flexibility index (Phi) is 3.28. The number of rotatable bonds is 2. The standard InChI is InChI=1S/C15H24N2/c1-8-5-9(2)11(4)14(10(8)3)15(17)12-6-13(16)7-12/h5,12-13,15H,6-7,16-17H2,1-4H3. The zero-order valence-electron chi connectivity index (χ0n) is 11.4. The van der Waals surface area contributed by atoms with Crippen molar-refractivity contribution in [3.8, 4) is 0 Å². The van der Waals surface area contributed by atoms with Crippen LogP contribution >= 0.6 is 0 Å². The summed E-state index contributed by atoms with van der Waals surface area (Å²) in [5.41, 5.74) is 19.1. The van der Waals surface area contributed by atoms with Gasteiger partial charge in [-0.25, -0.2) is 0 Å². The first-order valence-corrected chi connectivity index (χ1v) is 6.50. The number of benzene rings is 1. The first kappa shape index (κ1) is 12.6. The second kappa shape index (κ2) is 4.43. The Labute approximate surface area is 104 Å². The molecule has 4 N–H and O–H groups in total. The van der Waals surface area contributed by atoms with Crippen LogP contribution in [0.2, 0.25) is 0 Å². The van der Waals surface area contributed by atoms with E-state index in [1.165, 1.54) is 27.8 Å². The average Bonchev–Trinajstić information content (AvgIpc) is 2.22. The third-order valence-electron chi connectivity index (χ3n) is 4.48. The van der Waals surface area contributed by atoms with Gasteiger partial charge in [0.05, 0.1) is 0 Å². The van der Waals surface area contributed by atoms with Gasteiger partial charge >= 0.3 is 0 Å². The van der Waals surface area contributed by atoms with Crippen LogP contribution in [0, 0.1) is 33.6 Å². The summed E-state index contributed by atoms with van der Waals surface area (Å²) >= 11 is 0. The van der Waals surface area contributed by atoms with E-state index in [1.54, 1.807) is 0 Å². The van der Waals surface area contributed by atoms with Crippen molar-refractivity contribution in [3.63, 3.8) is 0 Å². The van der Waals surface area contributed by atoms with E-state index in [9.17, 15) is 0 Å². The molecule has 1 aromatic rings. The quantitative estimate of drug-likeness (QED) is 0.823. The number of aryl methyl sites for hydroxylation is 2. The van der Waals surface area contributed by atoms with Gasteiger partial charge in [-0.15, -0.1) is 0 Å². The molecule has 1 saturated carbocycles. The third-order valence-corrected chi connectivity index (χ3v) is 4.48. The van der Waals surface area contributed by atoms with E-state index in [0.717, 1.165) is 12.8 Å². The van der Waals surface area contributed by atoms with Gasteiger partial charge in [-0.05, 0) is 74.3 Å². The number of nitrogens with two attached hydrogens (primary N) is 2. The van der Waals surface area contributed by atoms with Crippen LogP contribution in [0.15, 0.2) is 6.07 Å². The maximum atomic E-state index is 6.45. The lowest BCUT2D eigenvalue weighted by atomic mass is 9.72. The number of hydrogen-bond donors (Lipinski definition) is 2. The fourth-order valence-corrected chi connectivity index (χ4v) is 2.98. The van der Waals surface area contributed by atoms with Gasteiger partial charge in [0.2, 0.25) is 0 Å². The molecule has 2 heteroatoms. The topological polar surface area (TPSA) is 52.0 Å². The van der Waals surface area contributed by atoms with Crippen molar-refractivity contribution in [2.45, 2.75) is 52.6 Å². The molecule has 1 aromatic carbocycles. The highest BCUT2D eigenvalue weighted by Crippen LogP contribution is 2.39. The molecule has 0 saturated heterocycles. The van der Waals surface area contributed by atoms with Crippen LogP contribution in [0.3, 0.4) is 0 Å². The normalized spacial score (nSPS) is 25.5. The minimum Gasteiger partial charge on any atom is -0.328 e. The van der Waals surface area contributed by atoms with Gasteiger partial charge in [0, 0.05) is 12.1 Å². The van der Waals surface area contributed by atoms with E-state index in [2.05, 4.69) is 33.8 Å². The summed E-state index contributed by atoms with van der Waals surface area (Å²) in [5, 5.41) is 0. The molecule has 0 amide bonds. The first-order chi connectivity index (χ1) is 7.91. The molecular weight excluding hydrogens is 208 g/mol. The highest BCUT2D eigenvalue weighted by Gasteiger charge is 2.33. The van der Waals surface area contributed by atoms with Gasteiger partial charge in [-0.3, -0.25) is 0 Å². The van der Waals surface area contributed by atoms with Crippen molar-refractivity contribution in [1.82, 2.24) is 0 Å². The Hall–Kier alpha value is -0.860. The van der Waals surface area contributed by atoms with Gasteiger partial charge in [0.1, 0.15) is 0 Å². The Morgan fingerprint density at radius 3 is 1.94 bits per heavy atom. The summed E-state index contributed by atoms with van der Waals surface area (Å²) in [6.45, 7) is 8.72. The van der Waals surface area contributed by atoms with E-state index in [0.29, 0.717) is 12.0 Å². The van der Waals surface area contributed by atoms with Crippen molar-refractivity contribution in [3.05, 3.63) is 33.9 Å². The molecule has 1 fully saturated rings. The van der Waals surface area contributed by atoms with Gasteiger partial charge < -0.3 is 11.5 Å². The minimum atomic E-state index is 0.161. The van der Waals surface area contributed by atoms with Crippen LogP contribution in [0.1, 0.15) is 46.7 Å². The molecule has 1 aliphatic carbocycles.